The molecule has 0 radical (unpaired) electrons. The first-order chi connectivity index (χ1) is 11.4. The number of fused-ring (bicyclic) bond motifs is 1. The van der Waals surface area contributed by atoms with Gasteiger partial charge < -0.3 is 0 Å². The van der Waals surface area contributed by atoms with E-state index in [2.05, 4.69) is 14.9 Å². The Labute approximate surface area is 135 Å². The van der Waals surface area contributed by atoms with Crippen LogP contribution in [0.25, 0.3) is 21.2 Å². The smallest absolute Gasteiger partial charge is 0.275 e. The molecule has 1 heterocycles. The molecule has 0 unspecified atom stereocenters. The Bertz CT molecular complexity index is 1010. The van der Waals surface area contributed by atoms with Gasteiger partial charge in [0.05, 0.1) is 4.90 Å². The van der Waals surface area contributed by atoms with Gasteiger partial charge in [-0.2, -0.15) is 0 Å². The molecule has 2 aromatic carbocycles. The molecule has 10 nitrogen and oxygen atoms in total. The van der Waals surface area contributed by atoms with Gasteiger partial charge in [-0.25, -0.2) is 18.2 Å². The summed E-state index contributed by atoms with van der Waals surface area (Å²) in [6, 6.07) is 8.26. The van der Waals surface area contributed by atoms with Crippen molar-refractivity contribution in [2.24, 2.45) is 5.11 Å². The van der Waals surface area contributed by atoms with Crippen molar-refractivity contribution in [2.45, 2.75) is 4.90 Å². The molecule has 0 aromatic heterocycles. The van der Waals surface area contributed by atoms with Gasteiger partial charge in [0.2, 0.25) is 5.91 Å². The second-order valence-corrected chi connectivity index (χ2v) is 6.58. The van der Waals surface area contributed by atoms with E-state index in [9.17, 15) is 18.0 Å². The average Bonchev–Trinajstić information content (AvgIpc) is 2.84. The van der Waals surface area contributed by atoms with E-state index in [1.165, 1.54) is 12.1 Å². The Balaban J connectivity index is 1.93. The van der Waals surface area contributed by atoms with E-state index in [-0.39, 0.29) is 11.4 Å². The number of nitrogens with one attached hydrogen (secondary N) is 2. The fourth-order valence-electron chi connectivity index (χ4n) is 2.21. The Morgan fingerprint density at radius 3 is 2.54 bits per heavy atom. The van der Waals surface area contributed by atoms with E-state index < -0.39 is 22.0 Å². The Morgan fingerprint density at radius 1 is 1.17 bits per heavy atom. The van der Waals surface area contributed by atoms with Crippen molar-refractivity contribution in [3.63, 3.8) is 0 Å². The molecule has 0 saturated carbocycles. The maximum Gasteiger partial charge on any atom is 0.339 e. The molecule has 3 rings (SSSR count). The lowest BCUT2D eigenvalue weighted by Gasteiger charge is -2.15. The van der Waals surface area contributed by atoms with Crippen molar-refractivity contribution < 1.29 is 18.0 Å². The van der Waals surface area contributed by atoms with Crippen LogP contribution in [0, 0.1) is 0 Å². The first-order valence-corrected chi connectivity index (χ1v) is 8.10. The highest BCUT2D eigenvalue weighted by Crippen LogP contribution is 2.24. The van der Waals surface area contributed by atoms with Crippen LogP contribution in [0.4, 0.5) is 10.5 Å². The summed E-state index contributed by atoms with van der Waals surface area (Å²) < 4.78 is 24.7. The molecule has 24 heavy (non-hydrogen) atoms. The molecule has 1 aliphatic heterocycles. The van der Waals surface area contributed by atoms with Crippen LogP contribution in [0.5, 0.6) is 0 Å². The zero-order chi connectivity index (χ0) is 17.3. The highest BCUT2D eigenvalue weighted by molar-refractivity contribution is 7.89. The molecule has 2 aromatic rings. The molecule has 0 bridgehead atoms. The van der Waals surface area contributed by atoms with Gasteiger partial charge in [0, 0.05) is 10.6 Å². The first kappa shape index (κ1) is 15.7. The van der Waals surface area contributed by atoms with E-state index in [0.29, 0.717) is 21.5 Å². The van der Waals surface area contributed by atoms with Crippen molar-refractivity contribution in [3.05, 3.63) is 46.8 Å². The van der Waals surface area contributed by atoms with Crippen molar-refractivity contribution in [3.8, 4) is 0 Å². The molecule has 0 aliphatic carbocycles. The molecular formula is C13H10N6O4S. The first-order valence-electron chi connectivity index (χ1n) is 6.62. The minimum atomic E-state index is -4.03. The molecule has 3 amide bonds. The minimum Gasteiger partial charge on any atom is -0.275 e. The number of hydrogen-bond acceptors (Lipinski definition) is 5. The SMILES string of the molecule is [N-]=[N+]=Nc1ccc2cc(S(=O)(=O)NN3CC(=O)NC3=O)ccc2c1. The lowest BCUT2D eigenvalue weighted by atomic mass is 10.1. The van der Waals surface area contributed by atoms with Crippen molar-refractivity contribution in [1.29, 1.82) is 0 Å². The zero-order valence-electron chi connectivity index (χ0n) is 12.0. The summed E-state index contributed by atoms with van der Waals surface area (Å²) in [5, 5.41) is 7.43. The largest absolute Gasteiger partial charge is 0.339 e. The van der Waals surface area contributed by atoms with E-state index in [1.54, 1.807) is 24.3 Å². The van der Waals surface area contributed by atoms with Crippen molar-refractivity contribution in [1.82, 2.24) is 15.2 Å². The van der Waals surface area contributed by atoms with Crippen molar-refractivity contribution in [2.75, 3.05) is 6.54 Å². The second kappa shape index (κ2) is 5.81. The normalized spacial score (nSPS) is 14.6. The number of azide groups is 1. The number of hydrogen-bond donors (Lipinski definition) is 2. The fourth-order valence-corrected chi connectivity index (χ4v) is 3.28. The topological polar surface area (TPSA) is 144 Å². The maximum absolute atomic E-state index is 12.3. The van der Waals surface area contributed by atoms with Crippen LogP contribution in [-0.4, -0.2) is 31.9 Å². The van der Waals surface area contributed by atoms with Gasteiger partial charge in [-0.1, -0.05) is 23.3 Å². The number of amides is 3. The summed E-state index contributed by atoms with van der Waals surface area (Å²) in [7, 11) is -4.03. The number of urea groups is 1. The molecule has 11 heteroatoms. The van der Waals surface area contributed by atoms with Gasteiger partial charge in [-0.15, -0.1) is 4.83 Å². The summed E-state index contributed by atoms with van der Waals surface area (Å²) in [5.74, 6) is -0.591. The molecular weight excluding hydrogens is 336 g/mol. The fraction of sp³-hybridized carbons (Fsp3) is 0.0769. The van der Waals surface area contributed by atoms with Crippen LogP contribution in [0.2, 0.25) is 0 Å². The molecule has 1 fully saturated rings. The maximum atomic E-state index is 12.3. The number of nitrogens with zero attached hydrogens (tertiary/aromatic N) is 4. The highest BCUT2D eigenvalue weighted by atomic mass is 32.2. The minimum absolute atomic E-state index is 0.0707. The van der Waals surface area contributed by atoms with Gasteiger partial charge >= 0.3 is 6.03 Å². The molecule has 1 saturated heterocycles. The third-order valence-electron chi connectivity index (χ3n) is 3.29. The zero-order valence-corrected chi connectivity index (χ0v) is 12.8. The molecule has 0 spiro atoms. The van der Waals surface area contributed by atoms with E-state index in [4.69, 9.17) is 5.53 Å². The summed E-state index contributed by atoms with van der Waals surface area (Å²) in [4.78, 5) is 27.2. The lowest BCUT2D eigenvalue weighted by molar-refractivity contribution is -0.118. The Kier molecular flexibility index (Phi) is 3.81. The van der Waals surface area contributed by atoms with Gasteiger partial charge in [-0.05, 0) is 34.5 Å². The quantitative estimate of drug-likeness (QED) is 0.374. The van der Waals surface area contributed by atoms with Gasteiger partial charge in [0.1, 0.15) is 6.54 Å². The van der Waals surface area contributed by atoms with Crippen LogP contribution in [0.1, 0.15) is 0 Å². The van der Waals surface area contributed by atoms with Gasteiger partial charge in [-0.3, -0.25) is 10.1 Å². The Morgan fingerprint density at radius 2 is 1.88 bits per heavy atom. The molecule has 1 aliphatic rings. The second-order valence-electron chi connectivity index (χ2n) is 4.92. The summed E-state index contributed by atoms with van der Waals surface area (Å²) in [5.41, 5.74) is 8.84. The van der Waals surface area contributed by atoms with Crippen LogP contribution in [-0.2, 0) is 14.8 Å². The average molecular weight is 346 g/mol. The van der Waals surface area contributed by atoms with E-state index in [0.717, 1.165) is 0 Å². The third kappa shape index (κ3) is 2.99. The summed E-state index contributed by atoms with van der Waals surface area (Å²) >= 11 is 0. The monoisotopic (exact) mass is 346 g/mol. The van der Waals surface area contributed by atoms with Crippen LogP contribution >= 0.6 is 0 Å². The molecule has 122 valence electrons. The standard InChI is InChI=1S/C13H10N6O4S/c14-17-16-10-3-1-9-6-11(4-2-8(9)5-10)24(22,23)18-19-7-12(20)15-13(19)21/h1-6,18H,7H2,(H,15,20,21). The van der Waals surface area contributed by atoms with E-state index >= 15 is 0 Å². The predicted molar refractivity (Wildman–Crippen MR) is 83.3 cm³/mol. The molecule has 2 N–H and O–H groups in total. The van der Waals surface area contributed by atoms with Crippen LogP contribution in [0.3, 0.4) is 0 Å². The number of carbonyl (C=O) groups excluding carboxylic acids is 2. The number of benzene rings is 2. The summed E-state index contributed by atoms with van der Waals surface area (Å²) in [6.07, 6.45) is 0. The summed E-state index contributed by atoms with van der Waals surface area (Å²) in [6.45, 7) is -0.388. The molecule has 0 atom stereocenters. The van der Waals surface area contributed by atoms with Crippen LogP contribution < -0.4 is 10.1 Å². The number of imide groups is 1. The van der Waals surface area contributed by atoms with Gasteiger partial charge in [0.25, 0.3) is 10.0 Å². The highest BCUT2D eigenvalue weighted by Gasteiger charge is 2.30. The number of rotatable bonds is 4. The predicted octanol–water partition coefficient (Wildman–Crippen LogP) is 1.53. The van der Waals surface area contributed by atoms with Crippen LogP contribution in [0.15, 0.2) is 46.4 Å². The number of carbonyl (C=O) groups is 2. The third-order valence-corrected chi connectivity index (χ3v) is 4.62. The van der Waals surface area contributed by atoms with E-state index in [1.807, 2.05) is 5.32 Å². The van der Waals surface area contributed by atoms with Gasteiger partial charge in [0.15, 0.2) is 0 Å². The lowest BCUT2D eigenvalue weighted by Crippen LogP contribution is -2.43. The number of hydrazine groups is 1. The Hall–Kier alpha value is -3.14. The number of sulfonamides is 1. The van der Waals surface area contributed by atoms with Crippen molar-refractivity contribution >= 4 is 38.4 Å².